The van der Waals surface area contributed by atoms with Gasteiger partial charge in [0.25, 0.3) is 5.69 Å². The van der Waals surface area contributed by atoms with Gasteiger partial charge in [-0.05, 0) is 25.0 Å². The average molecular weight is 316 g/mol. The first kappa shape index (κ1) is 15.6. The molecule has 0 amide bonds. The number of anilines is 1. The molecule has 116 valence electrons. The van der Waals surface area contributed by atoms with E-state index >= 15 is 0 Å². The highest BCUT2D eigenvalue weighted by atomic mass is 32.2. The van der Waals surface area contributed by atoms with Crippen LogP contribution in [-0.2, 0) is 10.0 Å². The van der Waals surface area contributed by atoms with E-state index in [0.29, 0.717) is 12.8 Å². The lowest BCUT2D eigenvalue weighted by Gasteiger charge is -2.21. The summed E-state index contributed by atoms with van der Waals surface area (Å²) in [4.78, 5) is 9.88. The Balaban J connectivity index is 2.53. The third-order valence-corrected chi connectivity index (χ3v) is 5.17. The molecule has 0 bridgehead atoms. The van der Waals surface area contributed by atoms with Gasteiger partial charge in [0.2, 0.25) is 10.0 Å². The highest BCUT2D eigenvalue weighted by Crippen LogP contribution is 2.35. The van der Waals surface area contributed by atoms with Crippen molar-refractivity contribution < 1.29 is 18.4 Å². The largest absolute Gasteiger partial charge is 0.395 e. The Labute approximate surface area is 121 Å². The summed E-state index contributed by atoms with van der Waals surface area (Å²) in [6.07, 6.45) is 1.36. The number of nitro benzene ring substituents is 1. The van der Waals surface area contributed by atoms with Gasteiger partial charge in [-0.3, -0.25) is 16.0 Å². The van der Waals surface area contributed by atoms with E-state index in [2.05, 4.69) is 5.43 Å². The van der Waals surface area contributed by atoms with Crippen LogP contribution in [0.5, 0.6) is 0 Å². The minimum absolute atomic E-state index is 0.0928. The zero-order chi connectivity index (χ0) is 15.6. The van der Waals surface area contributed by atoms with E-state index in [1.807, 2.05) is 0 Å². The van der Waals surface area contributed by atoms with E-state index in [9.17, 15) is 18.5 Å². The lowest BCUT2D eigenvalue weighted by atomic mass is 10.3. The summed E-state index contributed by atoms with van der Waals surface area (Å²) in [6, 6.07) is 3.33. The van der Waals surface area contributed by atoms with Gasteiger partial charge in [0.15, 0.2) is 4.90 Å². The number of sulfonamides is 1. The number of hydrogen-bond acceptors (Lipinski definition) is 7. The monoisotopic (exact) mass is 316 g/mol. The normalized spacial score (nSPS) is 15.2. The van der Waals surface area contributed by atoms with Crippen molar-refractivity contribution in [1.82, 2.24) is 4.31 Å². The first-order valence-electron chi connectivity index (χ1n) is 6.29. The molecular formula is C11H16N4O5S. The third-order valence-electron chi connectivity index (χ3n) is 3.18. The minimum atomic E-state index is -4.07. The molecular weight excluding hydrogens is 300 g/mol. The van der Waals surface area contributed by atoms with Crippen LogP contribution in [0.3, 0.4) is 0 Å². The molecule has 1 aliphatic rings. The maximum atomic E-state index is 12.6. The number of nitrogens with two attached hydrogens (primary N) is 1. The van der Waals surface area contributed by atoms with Gasteiger partial charge in [-0.15, -0.1) is 0 Å². The van der Waals surface area contributed by atoms with Crippen LogP contribution >= 0.6 is 0 Å². The van der Waals surface area contributed by atoms with Crippen LogP contribution in [-0.4, -0.2) is 41.9 Å². The van der Waals surface area contributed by atoms with Gasteiger partial charge in [-0.25, -0.2) is 8.42 Å². The molecule has 1 aliphatic carbocycles. The lowest BCUT2D eigenvalue weighted by Crippen LogP contribution is -2.35. The predicted molar refractivity (Wildman–Crippen MR) is 74.9 cm³/mol. The van der Waals surface area contributed by atoms with Crippen LogP contribution < -0.4 is 11.3 Å². The number of hydrazine groups is 1. The molecule has 0 saturated heterocycles. The van der Waals surface area contributed by atoms with Gasteiger partial charge in [0.05, 0.1) is 17.2 Å². The van der Waals surface area contributed by atoms with Crippen LogP contribution in [0, 0.1) is 10.1 Å². The molecule has 1 aromatic rings. The van der Waals surface area contributed by atoms with Crippen LogP contribution in [0.2, 0.25) is 0 Å². The second-order valence-corrected chi connectivity index (χ2v) is 6.51. The van der Waals surface area contributed by atoms with Crippen molar-refractivity contribution in [2.24, 2.45) is 5.84 Å². The Bertz CT molecular complexity index is 644. The van der Waals surface area contributed by atoms with Crippen molar-refractivity contribution in [2.45, 2.75) is 23.8 Å². The number of aliphatic hydroxyl groups excluding tert-OH is 1. The second kappa shape index (κ2) is 5.93. The first-order chi connectivity index (χ1) is 9.91. The molecule has 2 rings (SSSR count). The predicted octanol–water partition coefficient (Wildman–Crippen LogP) is 0.0258. The first-order valence-corrected chi connectivity index (χ1v) is 7.73. The maximum absolute atomic E-state index is 12.6. The van der Waals surface area contributed by atoms with Crippen LogP contribution in [0.15, 0.2) is 23.1 Å². The number of aliphatic hydroxyl groups is 1. The molecule has 4 N–H and O–H groups in total. The van der Waals surface area contributed by atoms with Gasteiger partial charge >= 0.3 is 0 Å². The molecule has 1 saturated carbocycles. The van der Waals surface area contributed by atoms with E-state index in [1.165, 1.54) is 6.07 Å². The van der Waals surface area contributed by atoms with Crippen molar-refractivity contribution in [3.05, 3.63) is 28.3 Å². The Morgan fingerprint density at radius 1 is 1.48 bits per heavy atom. The van der Waals surface area contributed by atoms with Crippen molar-refractivity contribution >= 4 is 21.4 Å². The van der Waals surface area contributed by atoms with E-state index in [4.69, 9.17) is 10.9 Å². The van der Waals surface area contributed by atoms with Crippen molar-refractivity contribution in [1.29, 1.82) is 0 Å². The van der Waals surface area contributed by atoms with E-state index < -0.39 is 25.5 Å². The average Bonchev–Trinajstić information content (AvgIpc) is 3.28. The van der Waals surface area contributed by atoms with Gasteiger partial charge in [0.1, 0.15) is 0 Å². The number of benzene rings is 1. The van der Waals surface area contributed by atoms with Gasteiger partial charge in [-0.1, -0.05) is 0 Å². The van der Waals surface area contributed by atoms with Crippen molar-refractivity contribution in [3.8, 4) is 0 Å². The summed E-state index contributed by atoms with van der Waals surface area (Å²) in [7, 11) is -4.07. The summed E-state index contributed by atoms with van der Waals surface area (Å²) in [5, 5.41) is 20.1. The fraction of sp³-hybridized carbons (Fsp3) is 0.455. The summed E-state index contributed by atoms with van der Waals surface area (Å²) in [5.41, 5.74) is 2.00. The van der Waals surface area contributed by atoms with E-state index in [0.717, 1.165) is 16.4 Å². The fourth-order valence-electron chi connectivity index (χ4n) is 2.05. The molecule has 0 aromatic heterocycles. The molecule has 10 heteroatoms. The summed E-state index contributed by atoms with van der Waals surface area (Å²) in [5.74, 6) is 5.23. The highest BCUT2D eigenvalue weighted by molar-refractivity contribution is 7.89. The third kappa shape index (κ3) is 3.13. The molecule has 0 atom stereocenters. The second-order valence-electron chi connectivity index (χ2n) is 4.65. The van der Waals surface area contributed by atoms with Gasteiger partial charge in [-0.2, -0.15) is 4.31 Å². The molecule has 21 heavy (non-hydrogen) atoms. The van der Waals surface area contributed by atoms with Gasteiger partial charge in [0, 0.05) is 18.7 Å². The molecule has 0 radical (unpaired) electrons. The van der Waals surface area contributed by atoms with Crippen LogP contribution in [0.4, 0.5) is 11.4 Å². The number of nitro groups is 1. The Morgan fingerprint density at radius 3 is 2.62 bits per heavy atom. The molecule has 0 spiro atoms. The zero-order valence-electron chi connectivity index (χ0n) is 11.1. The van der Waals surface area contributed by atoms with Crippen molar-refractivity contribution in [2.75, 3.05) is 18.6 Å². The Morgan fingerprint density at radius 2 is 2.14 bits per heavy atom. The molecule has 0 heterocycles. The summed E-state index contributed by atoms with van der Waals surface area (Å²) in [6.45, 7) is -0.442. The van der Waals surface area contributed by atoms with E-state index in [-0.39, 0.29) is 24.9 Å². The van der Waals surface area contributed by atoms with Gasteiger partial charge < -0.3 is 10.5 Å². The molecule has 9 nitrogen and oxygen atoms in total. The summed E-state index contributed by atoms with van der Waals surface area (Å²) >= 11 is 0. The number of nitrogens with one attached hydrogen (secondary N) is 1. The maximum Gasteiger partial charge on any atom is 0.289 e. The lowest BCUT2D eigenvalue weighted by molar-refractivity contribution is -0.387. The molecule has 0 unspecified atom stereocenters. The smallest absolute Gasteiger partial charge is 0.289 e. The fourth-order valence-corrected chi connectivity index (χ4v) is 3.91. The standard InChI is InChI=1S/C11H16N4O5S/c12-13-8-1-4-10(15(17)18)11(7-8)21(19,20)14(5-6-16)9-2-3-9/h1,4,7,9,13,16H,2-3,5-6,12H2. The molecule has 1 fully saturated rings. The topological polar surface area (TPSA) is 139 Å². The number of nitrogen functional groups attached to an aromatic ring is 1. The SMILES string of the molecule is NNc1ccc([N+](=O)[O-])c(S(=O)(=O)N(CCO)C2CC2)c1. The minimum Gasteiger partial charge on any atom is -0.395 e. The Kier molecular flexibility index (Phi) is 4.42. The number of rotatable bonds is 7. The van der Waals surface area contributed by atoms with E-state index in [1.54, 1.807) is 0 Å². The number of hydrogen-bond donors (Lipinski definition) is 3. The summed E-state index contributed by atoms with van der Waals surface area (Å²) < 4.78 is 26.4. The highest BCUT2D eigenvalue weighted by Gasteiger charge is 2.40. The molecule has 1 aromatic carbocycles. The van der Waals surface area contributed by atoms with Crippen molar-refractivity contribution in [3.63, 3.8) is 0 Å². The quantitative estimate of drug-likeness (QED) is 0.366. The zero-order valence-corrected chi connectivity index (χ0v) is 11.9. The van der Waals surface area contributed by atoms with Crippen LogP contribution in [0.1, 0.15) is 12.8 Å². The van der Waals surface area contributed by atoms with Crippen LogP contribution in [0.25, 0.3) is 0 Å². The Hall–Kier alpha value is -1.75. The number of nitrogens with zero attached hydrogens (tertiary/aromatic N) is 2. The molecule has 0 aliphatic heterocycles.